The van der Waals surface area contributed by atoms with Gasteiger partial charge in [-0.1, -0.05) is 48.5 Å². The molecule has 3 aromatic rings. The second-order valence-electron chi connectivity index (χ2n) is 9.39. The van der Waals surface area contributed by atoms with E-state index in [0.717, 1.165) is 12.8 Å². The third kappa shape index (κ3) is 2.43. The van der Waals surface area contributed by atoms with Crippen LogP contribution in [0.5, 0.6) is 0 Å². The van der Waals surface area contributed by atoms with Crippen LogP contribution < -0.4 is 10.5 Å². The van der Waals surface area contributed by atoms with Crippen LogP contribution in [0.2, 0.25) is 0 Å². The molecule has 162 valence electrons. The van der Waals surface area contributed by atoms with E-state index in [-0.39, 0.29) is 46.7 Å². The Labute approximate surface area is 186 Å². The Morgan fingerprint density at radius 2 is 1.44 bits per heavy atom. The van der Waals surface area contributed by atoms with Crippen LogP contribution in [0.25, 0.3) is 5.69 Å². The number of rotatable bonds is 3. The highest BCUT2D eigenvalue weighted by Gasteiger charge is 2.64. The molecule has 0 N–H and O–H groups in total. The Bertz CT molecular complexity index is 1290. The summed E-state index contributed by atoms with van der Waals surface area (Å²) in [5.41, 5.74) is 2.45. The van der Waals surface area contributed by atoms with Crippen molar-refractivity contribution in [3.05, 3.63) is 82.3 Å². The van der Waals surface area contributed by atoms with Gasteiger partial charge in [-0.25, -0.2) is 9.58 Å². The van der Waals surface area contributed by atoms with Crippen LogP contribution in [0.15, 0.2) is 65.5 Å². The molecule has 1 aromatic heterocycles. The fourth-order valence-corrected chi connectivity index (χ4v) is 6.57. The molecule has 2 bridgehead atoms. The molecule has 2 aromatic carbocycles. The number of imide groups is 1. The van der Waals surface area contributed by atoms with Crippen molar-refractivity contribution in [1.82, 2.24) is 9.36 Å². The van der Waals surface area contributed by atoms with Crippen LogP contribution >= 0.6 is 0 Å². The molecule has 32 heavy (non-hydrogen) atoms. The first-order chi connectivity index (χ1) is 15.5. The van der Waals surface area contributed by atoms with Gasteiger partial charge in [0.1, 0.15) is 5.69 Å². The SMILES string of the molecule is Cc1c(N2C(=O)C3C4CC(c5ccccc5)C(C4)C3C2=O)c(=O)n(-c2ccccc2)n1C. The molecule has 2 heterocycles. The topological polar surface area (TPSA) is 64.3 Å². The number of hydrogen-bond donors (Lipinski definition) is 0. The molecule has 0 spiro atoms. The Morgan fingerprint density at radius 3 is 2.12 bits per heavy atom. The summed E-state index contributed by atoms with van der Waals surface area (Å²) < 4.78 is 3.25. The lowest BCUT2D eigenvalue weighted by molar-refractivity contribution is -0.123. The number of carbonyl (C=O) groups excluding carboxylic acids is 2. The van der Waals surface area contributed by atoms with E-state index in [1.807, 2.05) is 48.5 Å². The number of hydrogen-bond acceptors (Lipinski definition) is 3. The average Bonchev–Trinajstić information content (AvgIpc) is 3.52. The molecule has 0 radical (unpaired) electrons. The minimum Gasteiger partial charge on any atom is -0.283 e. The summed E-state index contributed by atoms with van der Waals surface area (Å²) in [7, 11) is 1.79. The van der Waals surface area contributed by atoms with Gasteiger partial charge in [-0.2, -0.15) is 0 Å². The maximum absolute atomic E-state index is 13.7. The lowest BCUT2D eigenvalue weighted by Crippen LogP contribution is -2.37. The molecule has 3 fully saturated rings. The summed E-state index contributed by atoms with van der Waals surface area (Å²) in [6, 6.07) is 19.6. The zero-order valence-corrected chi connectivity index (χ0v) is 18.1. The number of benzene rings is 2. The zero-order valence-electron chi connectivity index (χ0n) is 18.1. The van der Waals surface area contributed by atoms with Gasteiger partial charge in [-0.05, 0) is 55.2 Å². The maximum Gasteiger partial charge on any atom is 0.296 e. The predicted molar refractivity (Wildman–Crippen MR) is 121 cm³/mol. The van der Waals surface area contributed by atoms with Crippen molar-refractivity contribution in [1.29, 1.82) is 0 Å². The summed E-state index contributed by atoms with van der Waals surface area (Å²) >= 11 is 0. The first-order valence-corrected chi connectivity index (χ1v) is 11.3. The quantitative estimate of drug-likeness (QED) is 0.602. The Kier molecular flexibility index (Phi) is 4.09. The fraction of sp³-hybridized carbons (Fsp3) is 0.346. The summed E-state index contributed by atoms with van der Waals surface area (Å²) in [5.74, 6) is -0.334. The van der Waals surface area contributed by atoms with Crippen LogP contribution in [0.1, 0.15) is 30.0 Å². The minimum atomic E-state index is -0.329. The first-order valence-electron chi connectivity index (χ1n) is 11.3. The van der Waals surface area contributed by atoms with Crippen molar-refractivity contribution in [3.63, 3.8) is 0 Å². The van der Waals surface area contributed by atoms with Crippen LogP contribution in [-0.4, -0.2) is 21.2 Å². The number of anilines is 1. The van der Waals surface area contributed by atoms with E-state index in [1.54, 1.807) is 18.7 Å². The van der Waals surface area contributed by atoms with E-state index in [9.17, 15) is 14.4 Å². The van der Waals surface area contributed by atoms with E-state index in [2.05, 4.69) is 12.1 Å². The van der Waals surface area contributed by atoms with Gasteiger partial charge in [0.2, 0.25) is 11.8 Å². The smallest absolute Gasteiger partial charge is 0.283 e. The van der Waals surface area contributed by atoms with Gasteiger partial charge in [-0.3, -0.25) is 19.1 Å². The maximum atomic E-state index is 13.7. The second kappa shape index (κ2) is 6.79. The Hall–Kier alpha value is -3.41. The summed E-state index contributed by atoms with van der Waals surface area (Å²) in [4.78, 5) is 41.9. The molecule has 2 amide bonds. The van der Waals surface area contributed by atoms with Crippen LogP contribution in [0.3, 0.4) is 0 Å². The monoisotopic (exact) mass is 427 g/mol. The van der Waals surface area contributed by atoms with Gasteiger partial charge in [-0.15, -0.1) is 0 Å². The van der Waals surface area contributed by atoms with Crippen molar-refractivity contribution >= 4 is 17.5 Å². The van der Waals surface area contributed by atoms with Crippen molar-refractivity contribution < 1.29 is 9.59 Å². The molecule has 5 atom stereocenters. The molecule has 6 rings (SSSR count). The van der Waals surface area contributed by atoms with Crippen LogP contribution in [-0.2, 0) is 16.6 Å². The lowest BCUT2D eigenvalue weighted by Gasteiger charge is -2.28. The van der Waals surface area contributed by atoms with Gasteiger partial charge in [0.15, 0.2) is 0 Å². The molecular weight excluding hydrogens is 402 g/mol. The lowest BCUT2D eigenvalue weighted by atomic mass is 9.73. The van der Waals surface area contributed by atoms with E-state index in [0.29, 0.717) is 17.3 Å². The largest absolute Gasteiger partial charge is 0.296 e. The molecule has 2 aliphatic carbocycles. The Balaban J connectivity index is 1.41. The predicted octanol–water partition coefficient (Wildman–Crippen LogP) is 3.41. The molecule has 6 nitrogen and oxygen atoms in total. The van der Waals surface area contributed by atoms with Crippen molar-refractivity contribution in [3.8, 4) is 5.69 Å². The van der Waals surface area contributed by atoms with Gasteiger partial charge in [0.25, 0.3) is 5.56 Å². The summed E-state index contributed by atoms with van der Waals surface area (Å²) in [5, 5.41) is 0. The van der Waals surface area contributed by atoms with Crippen molar-refractivity contribution in [2.45, 2.75) is 25.7 Å². The number of nitrogens with zero attached hydrogens (tertiary/aromatic N) is 3. The van der Waals surface area contributed by atoms with Crippen LogP contribution in [0.4, 0.5) is 5.69 Å². The van der Waals surface area contributed by atoms with Crippen molar-refractivity contribution in [2.24, 2.45) is 30.7 Å². The van der Waals surface area contributed by atoms with E-state index in [4.69, 9.17) is 0 Å². The van der Waals surface area contributed by atoms with E-state index >= 15 is 0 Å². The molecule has 5 unspecified atom stereocenters. The number of fused-ring (bicyclic) bond motifs is 5. The standard InChI is InChI=1S/C26H25N3O3/c1-15-23(26(32)29(27(15)2)18-11-7-4-8-12-18)28-24(30)21-17-13-19(16-9-5-3-6-10-16)20(14-17)22(21)25(28)31/h3-12,17,19-22H,13-14H2,1-2H3. The number of carbonyl (C=O) groups is 2. The second-order valence-corrected chi connectivity index (χ2v) is 9.39. The highest BCUT2D eigenvalue weighted by atomic mass is 16.2. The molecule has 3 aliphatic rings. The zero-order chi connectivity index (χ0) is 22.1. The third-order valence-corrected chi connectivity index (χ3v) is 7.99. The normalized spacial score (nSPS) is 28.6. The van der Waals surface area contributed by atoms with Gasteiger partial charge in [0.05, 0.1) is 23.2 Å². The number of amides is 2. The Morgan fingerprint density at radius 1 is 0.812 bits per heavy atom. The minimum absolute atomic E-state index is 0.161. The van der Waals surface area contributed by atoms with Gasteiger partial charge < -0.3 is 0 Å². The van der Waals surface area contributed by atoms with E-state index in [1.165, 1.54) is 15.1 Å². The molecule has 1 aliphatic heterocycles. The molecule has 6 heteroatoms. The average molecular weight is 428 g/mol. The van der Waals surface area contributed by atoms with E-state index < -0.39 is 0 Å². The number of para-hydroxylation sites is 1. The fourth-order valence-electron chi connectivity index (χ4n) is 6.57. The molecule has 2 saturated carbocycles. The van der Waals surface area contributed by atoms with Crippen LogP contribution in [0, 0.1) is 30.6 Å². The molecule has 1 saturated heterocycles. The highest BCUT2D eigenvalue weighted by Crippen LogP contribution is 2.61. The summed E-state index contributed by atoms with van der Waals surface area (Å²) in [6.45, 7) is 1.80. The third-order valence-electron chi connectivity index (χ3n) is 7.99. The first kappa shape index (κ1) is 19.3. The van der Waals surface area contributed by atoms with Crippen molar-refractivity contribution in [2.75, 3.05) is 4.90 Å². The summed E-state index contributed by atoms with van der Waals surface area (Å²) in [6.07, 6.45) is 1.85. The highest BCUT2D eigenvalue weighted by molar-refractivity contribution is 6.22. The number of aromatic nitrogens is 2. The van der Waals surface area contributed by atoms with Gasteiger partial charge in [0, 0.05) is 7.05 Å². The molecular formula is C26H25N3O3. The van der Waals surface area contributed by atoms with Gasteiger partial charge >= 0.3 is 0 Å².